The molecule has 0 bridgehead atoms. The van der Waals surface area contributed by atoms with Crippen molar-refractivity contribution in [1.29, 1.82) is 0 Å². The van der Waals surface area contributed by atoms with Gasteiger partial charge in [-0.3, -0.25) is 4.79 Å². The topological polar surface area (TPSA) is 63.3 Å². The van der Waals surface area contributed by atoms with Crippen LogP contribution in [0.15, 0.2) is 24.3 Å². The van der Waals surface area contributed by atoms with E-state index in [-0.39, 0.29) is 6.42 Å². The first-order valence-corrected chi connectivity index (χ1v) is 4.95. The first kappa shape index (κ1) is 13.5. The molecule has 0 amide bonds. The maximum absolute atomic E-state index is 12.2. The van der Waals surface area contributed by atoms with Gasteiger partial charge in [0.2, 0.25) is 0 Å². The summed E-state index contributed by atoms with van der Waals surface area (Å²) in [5.41, 5.74) is 5.20. The summed E-state index contributed by atoms with van der Waals surface area (Å²) in [4.78, 5) is 10.4. The van der Waals surface area contributed by atoms with Crippen molar-refractivity contribution < 1.29 is 23.1 Å². The van der Waals surface area contributed by atoms with E-state index in [1.165, 1.54) is 12.1 Å². The summed E-state index contributed by atoms with van der Waals surface area (Å²) in [5, 5.41) is 8.54. The molecule has 94 valence electrons. The molecule has 0 aliphatic heterocycles. The maximum atomic E-state index is 12.2. The minimum atomic E-state index is -4.35. The lowest BCUT2D eigenvalue weighted by atomic mass is 10.0. The highest BCUT2D eigenvalue weighted by Gasteiger charge is 2.29. The van der Waals surface area contributed by atoms with Crippen LogP contribution in [-0.4, -0.2) is 17.1 Å². The molecular formula is C11H12F3NO2. The van der Waals surface area contributed by atoms with Crippen LogP contribution in [0, 0.1) is 0 Å². The molecule has 0 aromatic heterocycles. The number of aliphatic carboxylic acids is 1. The molecule has 0 heterocycles. The number of aryl methyl sites for hydroxylation is 1. The number of hydrogen-bond donors (Lipinski definition) is 2. The fraction of sp³-hybridized carbons (Fsp3) is 0.364. The summed E-state index contributed by atoms with van der Waals surface area (Å²) in [6.07, 6.45) is -3.82. The van der Waals surface area contributed by atoms with Gasteiger partial charge in [0.05, 0.1) is 5.56 Å². The van der Waals surface area contributed by atoms with Crippen LogP contribution in [0.2, 0.25) is 0 Å². The molecule has 3 nitrogen and oxygen atoms in total. The van der Waals surface area contributed by atoms with Gasteiger partial charge in [0, 0.05) is 0 Å². The Labute approximate surface area is 96.0 Å². The van der Waals surface area contributed by atoms with Crippen LogP contribution in [-0.2, 0) is 17.4 Å². The van der Waals surface area contributed by atoms with Crippen LogP contribution in [0.3, 0.4) is 0 Å². The summed E-state index contributed by atoms with van der Waals surface area (Å²) in [6.45, 7) is 0. The van der Waals surface area contributed by atoms with Crippen molar-refractivity contribution in [2.75, 3.05) is 0 Å². The van der Waals surface area contributed by atoms with Gasteiger partial charge < -0.3 is 10.8 Å². The zero-order valence-electron chi connectivity index (χ0n) is 8.87. The van der Waals surface area contributed by atoms with Crippen LogP contribution < -0.4 is 5.73 Å². The van der Waals surface area contributed by atoms with Crippen LogP contribution in [0.1, 0.15) is 17.5 Å². The Hall–Kier alpha value is -1.56. The number of benzene rings is 1. The Morgan fingerprint density at radius 2 is 1.82 bits per heavy atom. The van der Waals surface area contributed by atoms with E-state index in [0.717, 1.165) is 12.1 Å². The molecule has 0 aliphatic carbocycles. The van der Waals surface area contributed by atoms with Gasteiger partial charge in [0.25, 0.3) is 0 Å². The third-order valence-corrected chi connectivity index (χ3v) is 2.34. The molecule has 3 N–H and O–H groups in total. The van der Waals surface area contributed by atoms with Crippen LogP contribution >= 0.6 is 0 Å². The highest BCUT2D eigenvalue weighted by molar-refractivity contribution is 5.73. The van der Waals surface area contributed by atoms with Gasteiger partial charge in [-0.05, 0) is 30.5 Å². The molecule has 17 heavy (non-hydrogen) atoms. The smallest absolute Gasteiger partial charge is 0.416 e. The lowest BCUT2D eigenvalue weighted by Gasteiger charge is -2.08. The van der Waals surface area contributed by atoms with Crippen molar-refractivity contribution in [3.05, 3.63) is 35.4 Å². The van der Waals surface area contributed by atoms with Gasteiger partial charge in [-0.15, -0.1) is 0 Å². The Balaban J connectivity index is 2.60. The summed E-state index contributed by atoms with van der Waals surface area (Å²) in [7, 11) is 0. The van der Waals surface area contributed by atoms with Gasteiger partial charge in [-0.25, -0.2) is 0 Å². The zero-order chi connectivity index (χ0) is 13.1. The molecule has 0 spiro atoms. The van der Waals surface area contributed by atoms with Crippen LogP contribution in [0.25, 0.3) is 0 Å². The SMILES string of the molecule is N[C@@H](CCc1ccc(C(F)(F)F)cc1)C(=O)O. The molecule has 1 rings (SSSR count). The Morgan fingerprint density at radius 1 is 1.29 bits per heavy atom. The summed E-state index contributed by atoms with van der Waals surface area (Å²) >= 11 is 0. The van der Waals surface area contributed by atoms with Gasteiger partial charge in [-0.2, -0.15) is 13.2 Å². The van der Waals surface area contributed by atoms with E-state index in [2.05, 4.69) is 0 Å². The van der Waals surface area contributed by atoms with E-state index >= 15 is 0 Å². The van der Waals surface area contributed by atoms with E-state index in [9.17, 15) is 18.0 Å². The second-order valence-corrected chi connectivity index (χ2v) is 3.68. The Kier molecular flexibility index (Phi) is 4.11. The van der Waals surface area contributed by atoms with E-state index in [1.807, 2.05) is 0 Å². The molecule has 0 radical (unpaired) electrons. The number of rotatable bonds is 4. The first-order valence-electron chi connectivity index (χ1n) is 4.95. The fourth-order valence-electron chi connectivity index (χ4n) is 1.31. The summed E-state index contributed by atoms with van der Waals surface area (Å²) < 4.78 is 36.7. The highest BCUT2D eigenvalue weighted by Crippen LogP contribution is 2.29. The molecule has 1 aromatic carbocycles. The van der Waals surface area contributed by atoms with E-state index in [4.69, 9.17) is 10.8 Å². The normalized spacial score (nSPS) is 13.4. The molecule has 0 unspecified atom stereocenters. The van der Waals surface area contributed by atoms with Gasteiger partial charge in [-0.1, -0.05) is 12.1 Å². The lowest BCUT2D eigenvalue weighted by Crippen LogP contribution is -2.30. The van der Waals surface area contributed by atoms with Crippen LogP contribution in [0.4, 0.5) is 13.2 Å². The third kappa shape index (κ3) is 4.07. The molecule has 1 atom stereocenters. The van der Waals surface area contributed by atoms with Crippen molar-refractivity contribution in [2.24, 2.45) is 5.73 Å². The van der Waals surface area contributed by atoms with Crippen molar-refractivity contribution in [2.45, 2.75) is 25.1 Å². The zero-order valence-corrected chi connectivity index (χ0v) is 8.87. The lowest BCUT2D eigenvalue weighted by molar-refractivity contribution is -0.139. The van der Waals surface area contributed by atoms with Crippen molar-refractivity contribution in [3.63, 3.8) is 0 Å². The molecule has 0 saturated carbocycles. The van der Waals surface area contributed by atoms with Crippen molar-refractivity contribution in [1.82, 2.24) is 0 Å². The number of carbonyl (C=O) groups is 1. The minimum absolute atomic E-state index is 0.195. The largest absolute Gasteiger partial charge is 0.480 e. The van der Waals surface area contributed by atoms with Gasteiger partial charge in [0.1, 0.15) is 6.04 Å². The summed E-state index contributed by atoms with van der Waals surface area (Å²) in [6, 6.07) is 3.62. The number of hydrogen-bond acceptors (Lipinski definition) is 2. The number of carboxylic acid groups (broad SMARTS) is 1. The molecule has 6 heteroatoms. The van der Waals surface area contributed by atoms with Crippen LogP contribution in [0.5, 0.6) is 0 Å². The summed E-state index contributed by atoms with van der Waals surface area (Å²) in [5.74, 6) is -1.11. The van der Waals surface area contributed by atoms with Gasteiger partial charge in [0.15, 0.2) is 0 Å². The first-order chi connectivity index (χ1) is 7.80. The number of alkyl halides is 3. The van der Waals surface area contributed by atoms with E-state index in [0.29, 0.717) is 12.0 Å². The average molecular weight is 247 g/mol. The predicted octanol–water partition coefficient (Wildman–Crippen LogP) is 2.05. The van der Waals surface area contributed by atoms with Crippen molar-refractivity contribution in [3.8, 4) is 0 Å². The number of halogens is 3. The van der Waals surface area contributed by atoms with E-state index in [1.54, 1.807) is 0 Å². The van der Waals surface area contributed by atoms with E-state index < -0.39 is 23.8 Å². The van der Waals surface area contributed by atoms with Crippen molar-refractivity contribution >= 4 is 5.97 Å². The molecular weight excluding hydrogens is 235 g/mol. The molecule has 1 aromatic rings. The number of nitrogens with two attached hydrogens (primary N) is 1. The van der Waals surface area contributed by atoms with Gasteiger partial charge >= 0.3 is 12.1 Å². The second-order valence-electron chi connectivity index (χ2n) is 3.68. The molecule has 0 fully saturated rings. The Bertz CT molecular complexity index is 387. The number of carboxylic acids is 1. The quantitative estimate of drug-likeness (QED) is 0.855. The predicted molar refractivity (Wildman–Crippen MR) is 55.4 cm³/mol. The minimum Gasteiger partial charge on any atom is -0.480 e. The third-order valence-electron chi connectivity index (χ3n) is 2.34. The molecule has 0 aliphatic rings. The Morgan fingerprint density at radius 3 is 2.24 bits per heavy atom. The second kappa shape index (κ2) is 5.18. The molecule has 0 saturated heterocycles. The average Bonchev–Trinajstić information content (AvgIpc) is 2.25. The fourth-order valence-corrected chi connectivity index (χ4v) is 1.31. The standard InChI is InChI=1S/C11H12F3NO2/c12-11(13,14)8-4-1-7(2-5-8)3-6-9(15)10(16)17/h1-2,4-5,9H,3,6,15H2,(H,16,17)/t9-/m0/s1. The maximum Gasteiger partial charge on any atom is 0.416 e. The monoisotopic (exact) mass is 247 g/mol. The highest BCUT2D eigenvalue weighted by atomic mass is 19.4.